The summed E-state index contributed by atoms with van der Waals surface area (Å²) in [6.45, 7) is 4.99. The van der Waals surface area contributed by atoms with Crippen molar-refractivity contribution in [2.24, 2.45) is 0 Å². The molecule has 3 rings (SSSR count). The van der Waals surface area contributed by atoms with E-state index in [0.717, 1.165) is 24.9 Å². The van der Waals surface area contributed by atoms with E-state index < -0.39 is 0 Å². The number of amides is 1. The Morgan fingerprint density at radius 3 is 2.92 bits per heavy atom. The lowest BCUT2D eigenvalue weighted by atomic mass is 10.0. The fourth-order valence-electron chi connectivity index (χ4n) is 3.19. The van der Waals surface area contributed by atoms with Gasteiger partial charge in [-0.05, 0) is 52.9 Å². The number of nitrogens with zero attached hydrogens (tertiary/aromatic N) is 2. The van der Waals surface area contributed by atoms with E-state index in [1.807, 2.05) is 33.9 Å². The zero-order valence-electron chi connectivity index (χ0n) is 13.6. The van der Waals surface area contributed by atoms with Gasteiger partial charge in [0.15, 0.2) is 0 Å². The van der Waals surface area contributed by atoms with Crippen LogP contribution in [0.15, 0.2) is 54.0 Å². The molecule has 0 aliphatic carbocycles. The lowest BCUT2D eigenvalue weighted by Crippen LogP contribution is -2.42. The second kappa shape index (κ2) is 8.22. The predicted molar refractivity (Wildman–Crippen MR) is 96.0 cm³/mol. The Balaban J connectivity index is 1.73. The first-order chi connectivity index (χ1) is 11.8. The summed E-state index contributed by atoms with van der Waals surface area (Å²) in [5.41, 5.74) is 2.26. The molecule has 126 valence electrons. The minimum absolute atomic E-state index is 0.0580. The maximum atomic E-state index is 12.8. The number of likely N-dealkylation sites (tertiary alicyclic amines) is 1. The molecule has 1 saturated heterocycles. The average molecular weight is 342 g/mol. The Labute approximate surface area is 146 Å². The Morgan fingerprint density at radius 1 is 1.38 bits per heavy atom. The van der Waals surface area contributed by atoms with E-state index in [-0.39, 0.29) is 18.1 Å². The SMILES string of the molecule is C=CCO[C@@H]1CCN(C(=O)Cc2ccsc2)[C@@H]1Cc1ccncc1. The first kappa shape index (κ1) is 16.9. The molecule has 1 fully saturated rings. The summed E-state index contributed by atoms with van der Waals surface area (Å²) >= 11 is 1.63. The minimum Gasteiger partial charge on any atom is -0.372 e. The van der Waals surface area contributed by atoms with Gasteiger partial charge in [0, 0.05) is 18.9 Å². The number of pyridine rings is 1. The first-order valence-electron chi connectivity index (χ1n) is 8.20. The van der Waals surface area contributed by atoms with Crippen LogP contribution < -0.4 is 0 Å². The molecule has 1 aliphatic rings. The summed E-state index contributed by atoms with van der Waals surface area (Å²) in [5, 5.41) is 4.05. The largest absolute Gasteiger partial charge is 0.372 e. The second-order valence-electron chi connectivity index (χ2n) is 5.97. The van der Waals surface area contributed by atoms with Gasteiger partial charge in [0.2, 0.25) is 5.91 Å². The number of ether oxygens (including phenoxy) is 1. The highest BCUT2D eigenvalue weighted by Gasteiger charge is 2.37. The number of carbonyl (C=O) groups is 1. The first-order valence-corrected chi connectivity index (χ1v) is 9.14. The molecule has 5 heteroatoms. The molecule has 3 heterocycles. The third-order valence-electron chi connectivity index (χ3n) is 4.36. The van der Waals surface area contributed by atoms with E-state index in [9.17, 15) is 4.79 Å². The van der Waals surface area contributed by atoms with Gasteiger partial charge in [-0.25, -0.2) is 0 Å². The van der Waals surface area contributed by atoms with Crippen molar-refractivity contribution < 1.29 is 9.53 Å². The van der Waals surface area contributed by atoms with Crippen LogP contribution in [-0.4, -0.2) is 41.1 Å². The molecule has 0 saturated carbocycles. The average Bonchev–Trinajstić information content (AvgIpc) is 3.24. The molecule has 1 amide bonds. The molecule has 0 spiro atoms. The Morgan fingerprint density at radius 2 is 2.21 bits per heavy atom. The summed E-state index contributed by atoms with van der Waals surface area (Å²) in [5.74, 6) is 0.178. The van der Waals surface area contributed by atoms with Crippen LogP contribution in [0.4, 0.5) is 0 Å². The maximum absolute atomic E-state index is 12.8. The van der Waals surface area contributed by atoms with Crippen molar-refractivity contribution in [1.82, 2.24) is 9.88 Å². The zero-order chi connectivity index (χ0) is 16.8. The van der Waals surface area contributed by atoms with Crippen molar-refractivity contribution in [3.63, 3.8) is 0 Å². The summed E-state index contributed by atoms with van der Waals surface area (Å²) in [7, 11) is 0. The van der Waals surface area contributed by atoms with Crippen molar-refractivity contribution in [2.45, 2.75) is 31.4 Å². The number of rotatable bonds is 7. The fraction of sp³-hybridized carbons (Fsp3) is 0.368. The van der Waals surface area contributed by atoms with Crippen LogP contribution in [0.2, 0.25) is 0 Å². The van der Waals surface area contributed by atoms with Crippen LogP contribution in [0.3, 0.4) is 0 Å². The van der Waals surface area contributed by atoms with Crippen molar-refractivity contribution in [3.8, 4) is 0 Å². The normalized spacial score (nSPS) is 20.2. The van der Waals surface area contributed by atoms with Crippen LogP contribution >= 0.6 is 11.3 Å². The topological polar surface area (TPSA) is 42.4 Å². The van der Waals surface area contributed by atoms with E-state index in [1.165, 1.54) is 5.56 Å². The molecule has 2 aromatic heterocycles. The van der Waals surface area contributed by atoms with E-state index in [0.29, 0.717) is 13.0 Å². The van der Waals surface area contributed by atoms with Gasteiger partial charge in [-0.1, -0.05) is 6.08 Å². The zero-order valence-corrected chi connectivity index (χ0v) is 14.5. The number of hydrogen-bond acceptors (Lipinski definition) is 4. The number of carbonyl (C=O) groups excluding carboxylic acids is 1. The molecule has 4 nitrogen and oxygen atoms in total. The predicted octanol–water partition coefficient (Wildman–Crippen LogP) is 3.10. The van der Waals surface area contributed by atoms with Crippen molar-refractivity contribution in [2.75, 3.05) is 13.2 Å². The molecule has 0 bridgehead atoms. The van der Waals surface area contributed by atoms with Gasteiger partial charge in [0.1, 0.15) is 0 Å². The van der Waals surface area contributed by atoms with E-state index in [4.69, 9.17) is 4.74 Å². The van der Waals surface area contributed by atoms with Gasteiger partial charge in [-0.15, -0.1) is 6.58 Å². The maximum Gasteiger partial charge on any atom is 0.227 e. The van der Waals surface area contributed by atoms with E-state index in [2.05, 4.69) is 11.6 Å². The highest BCUT2D eigenvalue weighted by molar-refractivity contribution is 7.08. The number of hydrogen-bond donors (Lipinski definition) is 0. The lowest BCUT2D eigenvalue weighted by Gasteiger charge is -2.28. The molecule has 2 aromatic rings. The molecular formula is C19H22N2O2S. The molecule has 0 unspecified atom stereocenters. The summed E-state index contributed by atoms with van der Waals surface area (Å²) in [6.07, 6.45) is 7.54. The van der Waals surface area contributed by atoms with Crippen LogP contribution in [0.5, 0.6) is 0 Å². The van der Waals surface area contributed by atoms with E-state index >= 15 is 0 Å². The standard InChI is InChI=1S/C19H22N2O2S/c1-2-10-23-18-5-9-21(19(22)13-16-6-11-24-14-16)17(18)12-15-3-7-20-8-4-15/h2-4,6-8,11,14,17-18H,1,5,9-10,12-13H2/t17-,18-/m1/s1. The van der Waals surface area contributed by atoms with Gasteiger partial charge in [-0.2, -0.15) is 11.3 Å². The van der Waals surface area contributed by atoms with Gasteiger partial charge in [-0.3, -0.25) is 9.78 Å². The Bertz CT molecular complexity index is 657. The smallest absolute Gasteiger partial charge is 0.227 e. The van der Waals surface area contributed by atoms with Gasteiger partial charge < -0.3 is 9.64 Å². The Kier molecular flexibility index (Phi) is 5.77. The third kappa shape index (κ3) is 4.10. The molecule has 0 aromatic carbocycles. The molecule has 0 N–H and O–H groups in total. The summed E-state index contributed by atoms with van der Waals surface area (Å²) in [6, 6.07) is 6.09. The summed E-state index contributed by atoms with van der Waals surface area (Å²) < 4.78 is 5.93. The lowest BCUT2D eigenvalue weighted by molar-refractivity contribution is -0.132. The van der Waals surface area contributed by atoms with Crippen molar-refractivity contribution in [3.05, 3.63) is 65.1 Å². The highest BCUT2D eigenvalue weighted by Crippen LogP contribution is 2.25. The number of aromatic nitrogens is 1. The van der Waals surface area contributed by atoms with Crippen molar-refractivity contribution in [1.29, 1.82) is 0 Å². The molecule has 0 radical (unpaired) electrons. The highest BCUT2D eigenvalue weighted by atomic mass is 32.1. The molecule has 2 atom stereocenters. The van der Waals surface area contributed by atoms with Gasteiger partial charge in [0.05, 0.1) is 25.2 Å². The van der Waals surface area contributed by atoms with Gasteiger partial charge >= 0.3 is 0 Å². The summed E-state index contributed by atoms with van der Waals surface area (Å²) in [4.78, 5) is 18.8. The van der Waals surface area contributed by atoms with Crippen LogP contribution in [-0.2, 0) is 22.4 Å². The molecule has 1 aliphatic heterocycles. The molecular weight excluding hydrogens is 320 g/mol. The van der Waals surface area contributed by atoms with Crippen LogP contribution in [0, 0.1) is 0 Å². The molecule has 24 heavy (non-hydrogen) atoms. The second-order valence-corrected chi connectivity index (χ2v) is 6.75. The fourth-order valence-corrected chi connectivity index (χ4v) is 3.86. The van der Waals surface area contributed by atoms with E-state index in [1.54, 1.807) is 29.8 Å². The third-order valence-corrected chi connectivity index (χ3v) is 5.09. The Hall–Kier alpha value is -1.98. The van der Waals surface area contributed by atoms with Crippen LogP contribution in [0.1, 0.15) is 17.5 Å². The van der Waals surface area contributed by atoms with Gasteiger partial charge in [0.25, 0.3) is 0 Å². The minimum atomic E-state index is 0.0580. The van der Waals surface area contributed by atoms with Crippen molar-refractivity contribution >= 4 is 17.2 Å². The monoisotopic (exact) mass is 342 g/mol. The van der Waals surface area contributed by atoms with Crippen LogP contribution in [0.25, 0.3) is 0 Å². The quantitative estimate of drug-likeness (QED) is 0.726. The number of thiophene rings is 1.